The zero-order chi connectivity index (χ0) is 26.5. The van der Waals surface area contributed by atoms with Gasteiger partial charge in [0.25, 0.3) is 11.8 Å². The van der Waals surface area contributed by atoms with E-state index in [1.54, 1.807) is 12.0 Å². The number of para-hydroxylation sites is 2. The van der Waals surface area contributed by atoms with Crippen LogP contribution in [0.2, 0.25) is 0 Å². The van der Waals surface area contributed by atoms with Gasteiger partial charge in [-0.1, -0.05) is 48.5 Å². The molecule has 3 aromatic carbocycles. The molecule has 0 radical (unpaired) electrons. The first kappa shape index (κ1) is 25.1. The molecule has 1 fully saturated rings. The van der Waals surface area contributed by atoms with Crippen LogP contribution in [0.4, 0.5) is 0 Å². The predicted molar refractivity (Wildman–Crippen MR) is 147 cm³/mol. The van der Waals surface area contributed by atoms with Gasteiger partial charge in [0, 0.05) is 43.1 Å². The van der Waals surface area contributed by atoms with Crippen molar-refractivity contribution in [3.05, 3.63) is 102 Å². The van der Waals surface area contributed by atoms with Crippen molar-refractivity contribution < 1.29 is 19.1 Å². The molecule has 0 spiro atoms. The summed E-state index contributed by atoms with van der Waals surface area (Å²) in [7, 11) is 1.65. The van der Waals surface area contributed by atoms with Crippen LogP contribution in [-0.4, -0.2) is 66.1 Å². The van der Waals surface area contributed by atoms with Gasteiger partial charge in [0.05, 0.1) is 18.4 Å². The van der Waals surface area contributed by atoms with E-state index >= 15 is 0 Å². The second-order valence-corrected chi connectivity index (χ2v) is 9.21. The molecule has 0 N–H and O–H groups in total. The summed E-state index contributed by atoms with van der Waals surface area (Å²) in [5.41, 5.74) is 4.38. The summed E-state index contributed by atoms with van der Waals surface area (Å²) in [5.74, 6) is 1.31. The number of rotatable bonds is 7. The van der Waals surface area contributed by atoms with Crippen LogP contribution in [0.5, 0.6) is 11.5 Å². The summed E-state index contributed by atoms with van der Waals surface area (Å²) < 4.78 is 13.2. The Kier molecular flexibility index (Phi) is 7.45. The lowest BCUT2D eigenvalue weighted by Crippen LogP contribution is -2.51. The molecule has 38 heavy (non-hydrogen) atoms. The molecule has 7 nitrogen and oxygen atoms in total. The fourth-order valence-electron chi connectivity index (χ4n) is 4.81. The van der Waals surface area contributed by atoms with Crippen LogP contribution >= 0.6 is 0 Å². The number of aromatic nitrogens is 1. The van der Waals surface area contributed by atoms with E-state index < -0.39 is 0 Å². The van der Waals surface area contributed by atoms with Crippen LogP contribution in [0, 0.1) is 6.92 Å². The zero-order valence-electron chi connectivity index (χ0n) is 21.7. The van der Waals surface area contributed by atoms with Crippen molar-refractivity contribution >= 4 is 11.8 Å². The molecule has 2 heterocycles. The lowest BCUT2D eigenvalue weighted by atomic mass is 10.1. The highest BCUT2D eigenvalue weighted by molar-refractivity contribution is 5.97. The third-order valence-corrected chi connectivity index (χ3v) is 6.88. The first-order chi connectivity index (χ1) is 18.5. The van der Waals surface area contributed by atoms with Gasteiger partial charge in [-0.3, -0.25) is 9.59 Å². The van der Waals surface area contributed by atoms with Gasteiger partial charge in [-0.15, -0.1) is 0 Å². The predicted octanol–water partition coefficient (Wildman–Crippen LogP) is 4.82. The Balaban J connectivity index is 1.34. The Morgan fingerprint density at radius 3 is 2.08 bits per heavy atom. The number of piperazine rings is 1. The average Bonchev–Trinajstić information content (AvgIpc) is 3.33. The van der Waals surface area contributed by atoms with E-state index in [4.69, 9.17) is 9.47 Å². The molecule has 0 bridgehead atoms. The Labute approximate surface area is 222 Å². The number of amides is 2. The van der Waals surface area contributed by atoms with Crippen LogP contribution in [0.15, 0.2) is 91.0 Å². The van der Waals surface area contributed by atoms with Crippen molar-refractivity contribution in [2.24, 2.45) is 0 Å². The zero-order valence-corrected chi connectivity index (χ0v) is 21.7. The van der Waals surface area contributed by atoms with Gasteiger partial charge in [-0.25, -0.2) is 0 Å². The van der Waals surface area contributed by atoms with Crippen LogP contribution in [0.3, 0.4) is 0 Å². The van der Waals surface area contributed by atoms with Gasteiger partial charge >= 0.3 is 0 Å². The highest BCUT2D eigenvalue weighted by Crippen LogP contribution is 2.32. The molecule has 1 aromatic heterocycles. The van der Waals surface area contributed by atoms with E-state index in [-0.39, 0.29) is 18.4 Å². The highest BCUT2D eigenvalue weighted by atomic mass is 16.5. The molecule has 1 aliphatic rings. The van der Waals surface area contributed by atoms with E-state index in [1.165, 1.54) is 0 Å². The van der Waals surface area contributed by atoms with Crippen molar-refractivity contribution in [3.8, 4) is 28.4 Å². The Morgan fingerprint density at radius 2 is 1.39 bits per heavy atom. The van der Waals surface area contributed by atoms with Crippen LogP contribution in [-0.2, 0) is 4.79 Å². The lowest BCUT2D eigenvalue weighted by molar-refractivity contribution is -0.134. The minimum Gasteiger partial charge on any atom is -0.497 e. The minimum atomic E-state index is -0.0762. The number of methoxy groups -OCH3 is 1. The highest BCUT2D eigenvalue weighted by Gasteiger charge is 2.28. The third-order valence-electron chi connectivity index (χ3n) is 6.88. The number of carbonyl (C=O) groups excluding carboxylic acids is 2. The second-order valence-electron chi connectivity index (χ2n) is 9.21. The molecule has 0 aliphatic carbocycles. The molecule has 1 aliphatic heterocycles. The van der Waals surface area contributed by atoms with Crippen LogP contribution in [0.25, 0.3) is 16.9 Å². The Bertz CT molecular complexity index is 1410. The molecule has 7 heteroatoms. The summed E-state index contributed by atoms with van der Waals surface area (Å²) in [4.78, 5) is 30.0. The Morgan fingerprint density at radius 1 is 0.763 bits per heavy atom. The maximum absolute atomic E-state index is 13.7. The van der Waals surface area contributed by atoms with Crippen molar-refractivity contribution in [2.45, 2.75) is 6.92 Å². The molecule has 0 atom stereocenters. The smallest absolute Gasteiger partial charge is 0.260 e. The van der Waals surface area contributed by atoms with E-state index in [9.17, 15) is 9.59 Å². The van der Waals surface area contributed by atoms with E-state index in [1.807, 2.05) is 103 Å². The number of hydrogen-bond acceptors (Lipinski definition) is 4. The lowest BCUT2D eigenvalue weighted by Gasteiger charge is -2.34. The number of carbonyl (C=O) groups is 2. The number of ether oxygens (including phenoxy) is 2. The van der Waals surface area contributed by atoms with Gasteiger partial charge in [0.1, 0.15) is 11.5 Å². The van der Waals surface area contributed by atoms with Crippen LogP contribution in [0.1, 0.15) is 16.1 Å². The molecular formula is C31H31N3O4. The fraction of sp³-hybridized carbons (Fsp3) is 0.226. The van der Waals surface area contributed by atoms with E-state index in [0.717, 1.165) is 28.4 Å². The molecule has 5 rings (SSSR count). The number of nitrogens with zero attached hydrogens (tertiary/aromatic N) is 3. The molecule has 4 aromatic rings. The largest absolute Gasteiger partial charge is 0.497 e. The topological polar surface area (TPSA) is 64.0 Å². The van der Waals surface area contributed by atoms with Gasteiger partial charge in [-0.2, -0.15) is 0 Å². The monoisotopic (exact) mass is 509 g/mol. The molecule has 2 amide bonds. The van der Waals surface area contributed by atoms with Crippen molar-refractivity contribution in [2.75, 3.05) is 39.9 Å². The second kappa shape index (κ2) is 11.3. The standard InChI is InChI=1S/C31H31N3O4/c1-23-28(21-29(24-10-9-15-27(20-24)37-2)34(23)25-11-5-3-6-12-25)31(36)33-18-16-32(17-19-33)30(35)22-38-26-13-7-4-8-14-26/h3-15,20-21H,16-19,22H2,1-2H3. The molecular weight excluding hydrogens is 478 g/mol. The normalized spacial score (nSPS) is 13.3. The van der Waals surface area contributed by atoms with Gasteiger partial charge in [0.2, 0.25) is 0 Å². The quantitative estimate of drug-likeness (QED) is 0.358. The van der Waals surface area contributed by atoms with Crippen molar-refractivity contribution in [1.82, 2.24) is 14.4 Å². The summed E-state index contributed by atoms with van der Waals surface area (Å²) in [6.45, 7) is 3.86. The first-order valence-electron chi connectivity index (χ1n) is 12.7. The third kappa shape index (κ3) is 5.27. The molecule has 0 unspecified atom stereocenters. The van der Waals surface area contributed by atoms with Gasteiger partial charge in [-0.05, 0) is 49.4 Å². The van der Waals surface area contributed by atoms with Crippen molar-refractivity contribution in [1.29, 1.82) is 0 Å². The first-order valence-corrected chi connectivity index (χ1v) is 12.7. The van der Waals surface area contributed by atoms with Gasteiger partial charge < -0.3 is 23.8 Å². The SMILES string of the molecule is COc1cccc(-c2cc(C(=O)N3CCN(C(=O)COc4ccccc4)CC3)c(C)n2-c2ccccc2)c1. The van der Waals surface area contributed by atoms with Gasteiger partial charge in [0.15, 0.2) is 6.61 Å². The molecule has 0 saturated carbocycles. The van der Waals surface area contributed by atoms with E-state index in [0.29, 0.717) is 37.5 Å². The van der Waals surface area contributed by atoms with E-state index in [2.05, 4.69) is 4.57 Å². The summed E-state index contributed by atoms with van der Waals surface area (Å²) in [6, 6.07) is 29.1. The fourth-order valence-corrected chi connectivity index (χ4v) is 4.81. The number of benzene rings is 3. The maximum atomic E-state index is 13.7. The molecule has 1 saturated heterocycles. The summed E-state index contributed by atoms with van der Waals surface area (Å²) in [5, 5.41) is 0. The van der Waals surface area contributed by atoms with Crippen molar-refractivity contribution in [3.63, 3.8) is 0 Å². The minimum absolute atomic E-state index is 0.0130. The van der Waals surface area contributed by atoms with Crippen LogP contribution < -0.4 is 9.47 Å². The molecule has 194 valence electrons. The Hall–Kier alpha value is -4.52. The average molecular weight is 510 g/mol. The summed E-state index contributed by atoms with van der Waals surface area (Å²) in [6.07, 6.45) is 0. The maximum Gasteiger partial charge on any atom is 0.260 e. The summed E-state index contributed by atoms with van der Waals surface area (Å²) >= 11 is 0. The number of hydrogen-bond donors (Lipinski definition) is 0.